The summed E-state index contributed by atoms with van der Waals surface area (Å²) in [5.74, 6) is -0.221. The molecule has 4 rings (SSSR count). The molecule has 1 aromatic heterocycles. The van der Waals surface area contributed by atoms with E-state index < -0.39 is 0 Å². The molecule has 3 aromatic rings. The number of thioether (sulfide) groups is 1. The molecule has 30 heavy (non-hydrogen) atoms. The van der Waals surface area contributed by atoms with Gasteiger partial charge < -0.3 is 9.64 Å². The van der Waals surface area contributed by atoms with Crippen LogP contribution in [0.3, 0.4) is 0 Å². The van der Waals surface area contributed by atoms with Crippen molar-refractivity contribution in [3.8, 4) is 11.1 Å². The van der Waals surface area contributed by atoms with Crippen molar-refractivity contribution < 1.29 is 9.13 Å². The number of benzene rings is 2. The second-order valence-corrected chi connectivity index (χ2v) is 8.69. The van der Waals surface area contributed by atoms with Crippen LogP contribution >= 0.6 is 23.1 Å². The standard InChI is InChI=1S/C23H24FN3OS2/c1-16(18-8-9-19(20(24)14-18)17-6-4-3-5-7-17)21-15-30-22(25-21)26-23(29-2)27-10-12-28-13-11-27/h3-9,14-16H,10-13H2,1-2H3/b26-23+. The first-order valence-corrected chi connectivity index (χ1v) is 12.0. The van der Waals surface area contributed by atoms with Gasteiger partial charge in [0.15, 0.2) is 5.17 Å². The average molecular weight is 442 g/mol. The van der Waals surface area contributed by atoms with Gasteiger partial charge >= 0.3 is 0 Å². The quantitative estimate of drug-likeness (QED) is 0.380. The third-order valence-corrected chi connectivity index (χ3v) is 6.65. The molecule has 2 heterocycles. The molecule has 4 nitrogen and oxygen atoms in total. The van der Waals surface area contributed by atoms with Gasteiger partial charge in [-0.3, -0.25) is 0 Å². The Hall–Kier alpha value is -2.22. The maximum atomic E-state index is 14.8. The lowest BCUT2D eigenvalue weighted by Gasteiger charge is -2.28. The highest BCUT2D eigenvalue weighted by atomic mass is 32.2. The largest absolute Gasteiger partial charge is 0.378 e. The lowest BCUT2D eigenvalue weighted by Crippen LogP contribution is -2.39. The Morgan fingerprint density at radius 2 is 1.97 bits per heavy atom. The van der Waals surface area contributed by atoms with Crippen LogP contribution in [0.4, 0.5) is 9.52 Å². The lowest BCUT2D eigenvalue weighted by molar-refractivity contribution is 0.0694. The number of aromatic nitrogens is 1. The summed E-state index contributed by atoms with van der Waals surface area (Å²) in [6.45, 7) is 5.20. The minimum absolute atomic E-state index is 0.00867. The number of rotatable bonds is 4. The first-order valence-electron chi connectivity index (χ1n) is 9.91. The summed E-state index contributed by atoms with van der Waals surface area (Å²) in [5, 5.41) is 3.71. The van der Waals surface area contributed by atoms with Crippen molar-refractivity contribution in [1.82, 2.24) is 9.88 Å². The van der Waals surface area contributed by atoms with Crippen LogP contribution in [0.25, 0.3) is 11.1 Å². The number of ether oxygens (including phenoxy) is 1. The second-order valence-electron chi connectivity index (χ2n) is 7.08. The number of nitrogens with zero attached hydrogens (tertiary/aromatic N) is 3. The van der Waals surface area contributed by atoms with Gasteiger partial charge in [-0.25, -0.2) is 9.37 Å². The van der Waals surface area contributed by atoms with Gasteiger partial charge in [0.05, 0.1) is 18.9 Å². The zero-order valence-corrected chi connectivity index (χ0v) is 18.7. The van der Waals surface area contributed by atoms with Crippen molar-refractivity contribution in [1.29, 1.82) is 0 Å². The van der Waals surface area contributed by atoms with E-state index in [4.69, 9.17) is 14.7 Å². The van der Waals surface area contributed by atoms with Crippen molar-refractivity contribution in [2.45, 2.75) is 12.8 Å². The van der Waals surface area contributed by atoms with Crippen molar-refractivity contribution in [3.05, 3.63) is 71.0 Å². The zero-order chi connectivity index (χ0) is 20.9. The third-order valence-electron chi connectivity index (χ3n) is 5.19. The van der Waals surface area contributed by atoms with Crippen molar-refractivity contribution >= 4 is 33.4 Å². The summed E-state index contributed by atoms with van der Waals surface area (Å²) < 4.78 is 20.2. The monoisotopic (exact) mass is 441 g/mol. The van der Waals surface area contributed by atoms with E-state index in [9.17, 15) is 4.39 Å². The number of amidine groups is 1. The number of aliphatic imine (C=N–C) groups is 1. The Balaban J connectivity index is 1.53. The van der Waals surface area contributed by atoms with Gasteiger partial charge in [-0.1, -0.05) is 61.2 Å². The molecule has 156 valence electrons. The molecule has 0 saturated carbocycles. The molecule has 1 fully saturated rings. The molecule has 1 unspecified atom stereocenters. The van der Waals surface area contributed by atoms with E-state index in [1.54, 1.807) is 17.8 Å². The number of morpholine rings is 1. The average Bonchev–Trinajstić information content (AvgIpc) is 3.26. The normalized spacial score (nSPS) is 16.0. The van der Waals surface area contributed by atoms with E-state index >= 15 is 0 Å². The van der Waals surface area contributed by atoms with Gasteiger partial charge in [0.1, 0.15) is 5.82 Å². The van der Waals surface area contributed by atoms with Gasteiger partial charge in [-0.05, 0) is 23.4 Å². The van der Waals surface area contributed by atoms with Crippen molar-refractivity contribution in [2.75, 3.05) is 32.6 Å². The lowest BCUT2D eigenvalue weighted by atomic mass is 9.95. The number of halogens is 1. The molecule has 0 N–H and O–H groups in total. The summed E-state index contributed by atoms with van der Waals surface area (Å²) in [4.78, 5) is 11.7. The smallest absolute Gasteiger partial charge is 0.211 e. The first-order chi connectivity index (χ1) is 14.7. The fraction of sp³-hybridized carbons (Fsp3) is 0.304. The SMILES string of the molecule is CS/C(=N/c1nc(C(C)c2ccc(-c3ccccc3)c(F)c2)cs1)N1CCOCC1. The highest BCUT2D eigenvalue weighted by Gasteiger charge is 2.18. The molecule has 2 aromatic carbocycles. The van der Waals surface area contributed by atoms with Crippen LogP contribution in [0.2, 0.25) is 0 Å². The molecule has 1 aliphatic heterocycles. The van der Waals surface area contributed by atoms with Gasteiger partial charge in [0.2, 0.25) is 5.13 Å². The zero-order valence-electron chi connectivity index (χ0n) is 17.0. The third kappa shape index (κ3) is 4.74. The van der Waals surface area contributed by atoms with Crippen LogP contribution in [0, 0.1) is 5.82 Å². The van der Waals surface area contributed by atoms with E-state index in [-0.39, 0.29) is 11.7 Å². The topological polar surface area (TPSA) is 37.7 Å². The van der Waals surface area contributed by atoms with E-state index in [2.05, 4.69) is 11.8 Å². The van der Waals surface area contributed by atoms with Crippen molar-refractivity contribution in [3.63, 3.8) is 0 Å². The van der Waals surface area contributed by atoms with Crippen molar-refractivity contribution in [2.24, 2.45) is 4.99 Å². The highest BCUT2D eigenvalue weighted by Crippen LogP contribution is 2.32. The minimum Gasteiger partial charge on any atom is -0.378 e. The van der Waals surface area contributed by atoms with Gasteiger partial charge in [0, 0.05) is 30.0 Å². The molecule has 7 heteroatoms. The maximum Gasteiger partial charge on any atom is 0.211 e. The highest BCUT2D eigenvalue weighted by molar-refractivity contribution is 8.13. The second kappa shape index (κ2) is 9.73. The van der Waals surface area contributed by atoms with Crippen LogP contribution in [0.5, 0.6) is 0 Å². The number of hydrogen-bond acceptors (Lipinski definition) is 5. The van der Waals surface area contributed by atoms with E-state index in [1.807, 2.05) is 54.1 Å². The minimum atomic E-state index is -0.212. The summed E-state index contributed by atoms with van der Waals surface area (Å²) in [6, 6.07) is 15.1. The number of hydrogen-bond donors (Lipinski definition) is 0. The van der Waals surface area contributed by atoms with E-state index in [1.165, 1.54) is 11.3 Å². The summed E-state index contributed by atoms with van der Waals surface area (Å²) in [5.41, 5.74) is 3.32. The molecule has 1 aliphatic rings. The summed E-state index contributed by atoms with van der Waals surface area (Å²) in [7, 11) is 0. The molecule has 0 bridgehead atoms. The fourth-order valence-corrected chi connectivity index (χ4v) is 4.89. The van der Waals surface area contributed by atoms with Crippen LogP contribution < -0.4 is 0 Å². The Morgan fingerprint density at radius 3 is 2.67 bits per heavy atom. The van der Waals surface area contributed by atoms with E-state index in [0.29, 0.717) is 5.56 Å². The Morgan fingerprint density at radius 1 is 1.20 bits per heavy atom. The van der Waals surface area contributed by atoms with E-state index in [0.717, 1.165) is 53.4 Å². The van der Waals surface area contributed by atoms with Crippen LogP contribution in [0.1, 0.15) is 24.1 Å². The number of thiazole rings is 1. The predicted octanol–water partition coefficient (Wildman–Crippen LogP) is 5.78. The molecule has 0 spiro atoms. The van der Waals surface area contributed by atoms with Gasteiger partial charge in [-0.2, -0.15) is 4.99 Å². The molecule has 0 amide bonds. The summed E-state index contributed by atoms with van der Waals surface area (Å²) in [6.07, 6.45) is 2.03. The first kappa shape index (κ1) is 21.0. The molecule has 0 aliphatic carbocycles. The molecular weight excluding hydrogens is 417 g/mol. The van der Waals surface area contributed by atoms with Crippen LogP contribution in [-0.2, 0) is 4.74 Å². The molecule has 1 saturated heterocycles. The molecular formula is C23H24FN3OS2. The predicted molar refractivity (Wildman–Crippen MR) is 124 cm³/mol. The van der Waals surface area contributed by atoms with Crippen LogP contribution in [-0.4, -0.2) is 47.6 Å². The van der Waals surface area contributed by atoms with Gasteiger partial charge in [0.25, 0.3) is 0 Å². The summed E-state index contributed by atoms with van der Waals surface area (Å²) >= 11 is 3.15. The van der Waals surface area contributed by atoms with Crippen LogP contribution in [0.15, 0.2) is 58.9 Å². The molecule has 1 atom stereocenters. The fourth-order valence-electron chi connectivity index (χ4n) is 3.43. The maximum absolute atomic E-state index is 14.8. The Kier molecular flexibility index (Phi) is 6.82. The molecule has 0 radical (unpaired) electrons. The van der Waals surface area contributed by atoms with Gasteiger partial charge in [-0.15, -0.1) is 11.3 Å². The Labute approximate surface area is 184 Å². The Bertz CT molecular complexity index is 1020.